The molecule has 2 aliphatic heterocycles. The second kappa shape index (κ2) is 8.54. The summed E-state index contributed by atoms with van der Waals surface area (Å²) in [4.78, 5) is 4.29. The number of rotatable bonds is 5. The van der Waals surface area contributed by atoms with E-state index >= 15 is 0 Å². The van der Waals surface area contributed by atoms with Crippen molar-refractivity contribution in [1.29, 1.82) is 0 Å². The third-order valence-corrected chi connectivity index (χ3v) is 7.50. The minimum atomic E-state index is -4.58. The molecule has 9 heteroatoms. The largest absolute Gasteiger partial charge is 0.416 e. The molecule has 2 fully saturated rings. The van der Waals surface area contributed by atoms with Crippen LogP contribution in [0.25, 0.3) is 0 Å². The maximum absolute atomic E-state index is 13.0. The fourth-order valence-corrected chi connectivity index (χ4v) is 5.82. The lowest BCUT2D eigenvalue weighted by atomic mass is 10.1. The lowest BCUT2D eigenvalue weighted by molar-refractivity contribution is -0.137. The highest BCUT2D eigenvalue weighted by molar-refractivity contribution is 7.89. The van der Waals surface area contributed by atoms with Gasteiger partial charge in [0.2, 0.25) is 10.0 Å². The van der Waals surface area contributed by atoms with Crippen LogP contribution in [0.3, 0.4) is 0 Å². The van der Waals surface area contributed by atoms with Gasteiger partial charge in [-0.3, -0.25) is 9.80 Å². The first kappa shape index (κ1) is 22.3. The highest BCUT2D eigenvalue weighted by Gasteiger charge is 2.38. The second-order valence-electron chi connectivity index (χ2n) is 8.45. The molecule has 2 saturated heterocycles. The highest BCUT2D eigenvalue weighted by atomic mass is 32.2. The Morgan fingerprint density at radius 1 is 1.06 bits per heavy atom. The number of hydrogen-bond donors (Lipinski definition) is 1. The first-order chi connectivity index (χ1) is 14.6. The van der Waals surface area contributed by atoms with Crippen molar-refractivity contribution < 1.29 is 21.6 Å². The summed E-state index contributed by atoms with van der Waals surface area (Å²) < 4.78 is 66.9. The molecule has 2 aliphatic rings. The van der Waals surface area contributed by atoms with Crippen LogP contribution in [0, 0.1) is 6.92 Å². The average molecular weight is 454 g/mol. The van der Waals surface area contributed by atoms with Crippen molar-refractivity contribution in [3.63, 3.8) is 0 Å². The molecule has 0 bridgehead atoms. The smallest absolute Gasteiger partial charge is 0.296 e. The van der Waals surface area contributed by atoms with Gasteiger partial charge in [0, 0.05) is 44.8 Å². The number of nitrogens with zero attached hydrogens (tertiary/aromatic N) is 2. The maximum Gasteiger partial charge on any atom is 0.416 e. The van der Waals surface area contributed by atoms with E-state index < -0.39 is 21.8 Å². The minimum Gasteiger partial charge on any atom is -0.296 e. The van der Waals surface area contributed by atoms with Gasteiger partial charge in [0.1, 0.15) is 0 Å². The molecule has 168 valence electrons. The van der Waals surface area contributed by atoms with Crippen molar-refractivity contribution in [3.05, 3.63) is 65.2 Å². The van der Waals surface area contributed by atoms with Crippen LogP contribution in [0.5, 0.6) is 0 Å². The molecular formula is C22H26F3N3O2S. The standard InChI is InChI=1S/C22H26F3N3O2S/c1-16-4-2-5-17(10-16)13-27-8-9-28-14-19(12-20(28)15-27)26-31(29,30)21-7-3-6-18(11-21)22(23,24)25/h2-7,10-11,19-20,26H,8-9,12-15H2,1H3/t19-,20-/m0/s1. The van der Waals surface area contributed by atoms with E-state index in [2.05, 4.69) is 45.7 Å². The second-order valence-corrected chi connectivity index (χ2v) is 10.2. The first-order valence-corrected chi connectivity index (χ1v) is 11.8. The van der Waals surface area contributed by atoms with Gasteiger partial charge in [0.05, 0.1) is 10.5 Å². The molecule has 2 atom stereocenters. The maximum atomic E-state index is 13.0. The fourth-order valence-electron chi connectivity index (χ4n) is 4.53. The van der Waals surface area contributed by atoms with Crippen molar-refractivity contribution in [2.24, 2.45) is 0 Å². The van der Waals surface area contributed by atoms with E-state index in [0.717, 1.165) is 38.3 Å². The van der Waals surface area contributed by atoms with E-state index in [-0.39, 0.29) is 17.0 Å². The Kier molecular flexibility index (Phi) is 6.13. The number of benzene rings is 2. The van der Waals surface area contributed by atoms with Crippen molar-refractivity contribution in [3.8, 4) is 0 Å². The number of alkyl halides is 3. The molecule has 0 unspecified atom stereocenters. The van der Waals surface area contributed by atoms with E-state index in [1.165, 1.54) is 17.2 Å². The molecule has 1 N–H and O–H groups in total. The van der Waals surface area contributed by atoms with Gasteiger partial charge in [-0.25, -0.2) is 13.1 Å². The summed E-state index contributed by atoms with van der Waals surface area (Å²) in [6.07, 6.45) is -3.94. The van der Waals surface area contributed by atoms with Gasteiger partial charge in [-0.1, -0.05) is 35.9 Å². The molecule has 0 amide bonds. The van der Waals surface area contributed by atoms with Gasteiger partial charge < -0.3 is 0 Å². The van der Waals surface area contributed by atoms with E-state index in [9.17, 15) is 21.6 Å². The Labute approximate surface area is 180 Å². The Morgan fingerprint density at radius 2 is 1.84 bits per heavy atom. The summed E-state index contributed by atoms with van der Waals surface area (Å²) in [5.41, 5.74) is 1.51. The summed E-state index contributed by atoms with van der Waals surface area (Å²) in [6, 6.07) is 12.2. The number of nitrogens with one attached hydrogen (secondary N) is 1. The van der Waals surface area contributed by atoms with Crippen LogP contribution in [0.4, 0.5) is 13.2 Å². The van der Waals surface area contributed by atoms with Crippen molar-refractivity contribution in [2.45, 2.75) is 43.0 Å². The normalized spacial score (nSPS) is 23.1. The number of fused-ring (bicyclic) bond motifs is 1. The van der Waals surface area contributed by atoms with Crippen LogP contribution in [0.2, 0.25) is 0 Å². The number of sulfonamides is 1. The third-order valence-electron chi connectivity index (χ3n) is 5.98. The van der Waals surface area contributed by atoms with Gasteiger partial charge in [0.25, 0.3) is 0 Å². The first-order valence-electron chi connectivity index (χ1n) is 10.3. The Bertz CT molecular complexity index is 1040. The van der Waals surface area contributed by atoms with Crippen LogP contribution in [-0.2, 0) is 22.7 Å². The zero-order valence-corrected chi connectivity index (χ0v) is 18.1. The third kappa shape index (κ3) is 5.28. The van der Waals surface area contributed by atoms with Gasteiger partial charge in [0.15, 0.2) is 0 Å². The molecule has 31 heavy (non-hydrogen) atoms. The summed E-state index contributed by atoms with van der Waals surface area (Å²) in [6.45, 7) is 6.08. The lowest BCUT2D eigenvalue weighted by Crippen LogP contribution is -2.49. The molecule has 0 spiro atoms. The van der Waals surface area contributed by atoms with Gasteiger partial charge >= 0.3 is 6.18 Å². The number of hydrogen-bond acceptors (Lipinski definition) is 4. The zero-order chi connectivity index (χ0) is 22.2. The molecule has 2 heterocycles. The lowest BCUT2D eigenvalue weighted by Gasteiger charge is -2.37. The molecule has 4 rings (SSSR count). The number of aryl methyl sites for hydroxylation is 1. The van der Waals surface area contributed by atoms with Crippen LogP contribution in [-0.4, -0.2) is 56.5 Å². The SMILES string of the molecule is Cc1cccc(CN2CCN3C[C@@H](NS(=O)(=O)c4cccc(C(F)(F)F)c4)C[C@H]3C2)c1. The zero-order valence-electron chi connectivity index (χ0n) is 17.3. The van der Waals surface area contributed by atoms with E-state index in [1.54, 1.807) is 0 Å². The predicted molar refractivity (Wildman–Crippen MR) is 112 cm³/mol. The van der Waals surface area contributed by atoms with E-state index in [0.29, 0.717) is 19.0 Å². The summed E-state index contributed by atoms with van der Waals surface area (Å²) in [7, 11) is -4.03. The molecule has 5 nitrogen and oxygen atoms in total. The number of halogens is 3. The molecule has 0 aliphatic carbocycles. The van der Waals surface area contributed by atoms with E-state index in [4.69, 9.17) is 0 Å². The topological polar surface area (TPSA) is 52.6 Å². The van der Waals surface area contributed by atoms with E-state index in [1.807, 2.05) is 0 Å². The van der Waals surface area contributed by atoms with Crippen molar-refractivity contribution in [1.82, 2.24) is 14.5 Å². The van der Waals surface area contributed by atoms with Gasteiger partial charge in [-0.2, -0.15) is 13.2 Å². The van der Waals surface area contributed by atoms with Gasteiger partial charge in [-0.05, 0) is 37.1 Å². The molecule has 0 saturated carbocycles. The molecule has 0 aromatic heterocycles. The average Bonchev–Trinajstić information content (AvgIpc) is 3.08. The summed E-state index contributed by atoms with van der Waals surface area (Å²) >= 11 is 0. The molecule has 0 radical (unpaired) electrons. The number of piperazine rings is 1. The van der Waals surface area contributed by atoms with Crippen LogP contribution in [0.1, 0.15) is 23.1 Å². The minimum absolute atomic E-state index is 0.229. The Balaban J connectivity index is 1.39. The van der Waals surface area contributed by atoms with Crippen LogP contribution < -0.4 is 4.72 Å². The summed E-state index contributed by atoms with van der Waals surface area (Å²) in [5.74, 6) is 0. The fraction of sp³-hybridized carbons (Fsp3) is 0.455. The quantitative estimate of drug-likeness (QED) is 0.755. The monoisotopic (exact) mass is 453 g/mol. The van der Waals surface area contributed by atoms with Crippen LogP contribution in [0.15, 0.2) is 53.4 Å². The van der Waals surface area contributed by atoms with Crippen molar-refractivity contribution in [2.75, 3.05) is 26.2 Å². The van der Waals surface area contributed by atoms with Gasteiger partial charge in [-0.15, -0.1) is 0 Å². The summed E-state index contributed by atoms with van der Waals surface area (Å²) in [5, 5.41) is 0. The Morgan fingerprint density at radius 3 is 2.58 bits per heavy atom. The molecular weight excluding hydrogens is 427 g/mol. The molecule has 2 aromatic rings. The predicted octanol–water partition coefficient (Wildman–Crippen LogP) is 3.25. The van der Waals surface area contributed by atoms with Crippen LogP contribution >= 0.6 is 0 Å². The Hall–Kier alpha value is -1.94. The molecule has 2 aromatic carbocycles. The van der Waals surface area contributed by atoms with Crippen molar-refractivity contribution >= 4 is 10.0 Å². The highest BCUT2D eigenvalue weighted by Crippen LogP contribution is 2.31.